The van der Waals surface area contributed by atoms with Crippen molar-refractivity contribution in [2.75, 3.05) is 25.1 Å². The summed E-state index contributed by atoms with van der Waals surface area (Å²) in [6.07, 6.45) is -2.48. The molecule has 0 spiro atoms. The van der Waals surface area contributed by atoms with Crippen LogP contribution >= 0.6 is 0 Å². The summed E-state index contributed by atoms with van der Waals surface area (Å²) in [7, 11) is 0. The minimum Gasteiger partial charge on any atom is -0.382 e. The van der Waals surface area contributed by atoms with Gasteiger partial charge in [0.1, 0.15) is 6.61 Å². The lowest BCUT2D eigenvalue weighted by molar-refractivity contribution is -0.384. The third-order valence-electron chi connectivity index (χ3n) is 2.24. The Labute approximate surface area is 103 Å². The first-order chi connectivity index (χ1) is 8.50. The normalized spacial score (nSPS) is 10.7. The van der Waals surface area contributed by atoms with Gasteiger partial charge in [-0.15, -0.1) is 0 Å². The zero-order chi connectivity index (χ0) is 13.5. The van der Waals surface area contributed by atoms with Gasteiger partial charge in [0.05, 0.1) is 11.5 Å². The van der Waals surface area contributed by atoms with Crippen LogP contribution < -0.4 is 5.32 Å². The molecule has 7 heteroatoms. The summed E-state index contributed by atoms with van der Waals surface area (Å²) in [4.78, 5) is 10.1. The lowest BCUT2D eigenvalue weighted by Gasteiger charge is -2.09. The SMILES string of the molecule is Cc1ccc([N+](=O)[O-])cc1NCCOCC(F)F. The van der Waals surface area contributed by atoms with E-state index in [0.717, 1.165) is 5.56 Å². The molecule has 0 aliphatic carbocycles. The number of non-ortho nitro benzene ring substituents is 1. The van der Waals surface area contributed by atoms with Crippen molar-refractivity contribution < 1.29 is 18.4 Å². The molecule has 0 aromatic heterocycles. The van der Waals surface area contributed by atoms with Crippen LogP contribution in [0.25, 0.3) is 0 Å². The molecule has 0 unspecified atom stereocenters. The van der Waals surface area contributed by atoms with E-state index in [1.165, 1.54) is 12.1 Å². The number of nitro benzene ring substituents is 1. The molecule has 1 N–H and O–H groups in total. The number of hydrogen-bond donors (Lipinski definition) is 1. The number of alkyl halides is 2. The van der Waals surface area contributed by atoms with Gasteiger partial charge in [0.25, 0.3) is 12.1 Å². The fourth-order valence-corrected chi connectivity index (χ4v) is 1.34. The molecule has 0 aliphatic heterocycles. The van der Waals surface area contributed by atoms with Crippen LogP contribution in [0.3, 0.4) is 0 Å². The highest BCUT2D eigenvalue weighted by Crippen LogP contribution is 2.21. The topological polar surface area (TPSA) is 64.4 Å². The smallest absolute Gasteiger partial charge is 0.271 e. The summed E-state index contributed by atoms with van der Waals surface area (Å²) in [5.41, 5.74) is 1.43. The fourth-order valence-electron chi connectivity index (χ4n) is 1.34. The lowest BCUT2D eigenvalue weighted by Crippen LogP contribution is -2.13. The molecule has 0 bridgehead atoms. The molecular weight excluding hydrogens is 246 g/mol. The number of halogens is 2. The molecular formula is C11H14F2N2O3. The van der Waals surface area contributed by atoms with Crippen molar-refractivity contribution in [3.05, 3.63) is 33.9 Å². The average molecular weight is 260 g/mol. The van der Waals surface area contributed by atoms with E-state index in [2.05, 4.69) is 10.1 Å². The molecule has 0 aliphatic rings. The molecule has 0 amide bonds. The molecule has 5 nitrogen and oxygen atoms in total. The van der Waals surface area contributed by atoms with Gasteiger partial charge in [-0.1, -0.05) is 6.07 Å². The van der Waals surface area contributed by atoms with E-state index in [-0.39, 0.29) is 12.3 Å². The first-order valence-electron chi connectivity index (χ1n) is 5.35. The summed E-state index contributed by atoms with van der Waals surface area (Å²) >= 11 is 0. The predicted molar refractivity (Wildman–Crippen MR) is 63.1 cm³/mol. The molecule has 1 rings (SSSR count). The second-order valence-electron chi connectivity index (χ2n) is 3.65. The van der Waals surface area contributed by atoms with Gasteiger partial charge in [-0.3, -0.25) is 10.1 Å². The number of nitrogens with zero attached hydrogens (tertiary/aromatic N) is 1. The Morgan fingerprint density at radius 3 is 2.83 bits per heavy atom. The first kappa shape index (κ1) is 14.3. The average Bonchev–Trinajstić information content (AvgIpc) is 2.30. The summed E-state index contributed by atoms with van der Waals surface area (Å²) in [5, 5.41) is 13.5. The monoisotopic (exact) mass is 260 g/mol. The maximum atomic E-state index is 11.8. The van der Waals surface area contributed by atoms with Gasteiger partial charge in [0.15, 0.2) is 0 Å². The number of benzene rings is 1. The van der Waals surface area contributed by atoms with Crippen molar-refractivity contribution >= 4 is 11.4 Å². The Balaban J connectivity index is 2.46. The number of ether oxygens (including phenoxy) is 1. The van der Waals surface area contributed by atoms with E-state index < -0.39 is 18.0 Å². The second kappa shape index (κ2) is 6.85. The van der Waals surface area contributed by atoms with Crippen LogP contribution in [-0.4, -0.2) is 31.1 Å². The van der Waals surface area contributed by atoms with Crippen molar-refractivity contribution in [3.8, 4) is 0 Å². The highest BCUT2D eigenvalue weighted by Gasteiger charge is 2.08. The molecule has 0 atom stereocenters. The van der Waals surface area contributed by atoms with E-state index in [0.29, 0.717) is 12.2 Å². The maximum Gasteiger partial charge on any atom is 0.271 e. The van der Waals surface area contributed by atoms with Gasteiger partial charge in [0.2, 0.25) is 0 Å². The first-order valence-corrected chi connectivity index (χ1v) is 5.35. The molecule has 100 valence electrons. The Hall–Kier alpha value is -1.76. The van der Waals surface area contributed by atoms with Crippen molar-refractivity contribution in [2.24, 2.45) is 0 Å². The minimum absolute atomic E-state index is 0.0170. The molecule has 1 aromatic carbocycles. The van der Waals surface area contributed by atoms with Gasteiger partial charge in [-0.05, 0) is 12.5 Å². The minimum atomic E-state index is -2.48. The third kappa shape index (κ3) is 4.62. The summed E-state index contributed by atoms with van der Waals surface area (Å²) < 4.78 is 28.2. The van der Waals surface area contributed by atoms with Crippen LogP contribution in [0, 0.1) is 17.0 Å². The molecule has 0 saturated heterocycles. The van der Waals surface area contributed by atoms with Gasteiger partial charge in [0, 0.05) is 24.4 Å². The molecule has 0 heterocycles. The number of rotatable bonds is 7. The van der Waals surface area contributed by atoms with E-state index >= 15 is 0 Å². The Morgan fingerprint density at radius 1 is 1.50 bits per heavy atom. The zero-order valence-electron chi connectivity index (χ0n) is 9.86. The summed E-state index contributed by atoms with van der Waals surface area (Å²) in [5.74, 6) is 0. The molecule has 1 aromatic rings. The van der Waals surface area contributed by atoms with E-state index in [4.69, 9.17) is 0 Å². The van der Waals surface area contributed by atoms with Gasteiger partial charge in [-0.25, -0.2) is 8.78 Å². The van der Waals surface area contributed by atoms with E-state index in [1.807, 2.05) is 0 Å². The fraction of sp³-hybridized carbons (Fsp3) is 0.455. The van der Waals surface area contributed by atoms with Crippen LogP contribution in [0.5, 0.6) is 0 Å². The quantitative estimate of drug-likeness (QED) is 0.465. The van der Waals surface area contributed by atoms with Crippen LogP contribution in [0.15, 0.2) is 18.2 Å². The van der Waals surface area contributed by atoms with Gasteiger partial charge < -0.3 is 10.1 Å². The van der Waals surface area contributed by atoms with E-state index in [1.54, 1.807) is 13.0 Å². The van der Waals surface area contributed by atoms with Crippen LogP contribution in [-0.2, 0) is 4.74 Å². The Kier molecular flexibility index (Phi) is 5.44. The molecule has 0 fully saturated rings. The van der Waals surface area contributed by atoms with Crippen molar-refractivity contribution in [2.45, 2.75) is 13.3 Å². The number of aryl methyl sites for hydroxylation is 1. The van der Waals surface area contributed by atoms with Crippen LogP contribution in [0.1, 0.15) is 5.56 Å². The Bertz CT molecular complexity index is 413. The summed E-state index contributed by atoms with van der Waals surface area (Å²) in [6.45, 7) is 1.63. The van der Waals surface area contributed by atoms with Crippen LogP contribution in [0.4, 0.5) is 20.2 Å². The van der Waals surface area contributed by atoms with Gasteiger partial charge in [-0.2, -0.15) is 0 Å². The standard InChI is InChI=1S/C11H14F2N2O3/c1-8-2-3-9(15(16)17)6-10(8)14-4-5-18-7-11(12)13/h2-3,6,11,14H,4-5,7H2,1H3. The zero-order valence-corrected chi connectivity index (χ0v) is 9.86. The van der Waals surface area contributed by atoms with Crippen molar-refractivity contribution in [3.63, 3.8) is 0 Å². The highest BCUT2D eigenvalue weighted by atomic mass is 19.3. The predicted octanol–water partition coefficient (Wildman–Crippen LogP) is 2.60. The van der Waals surface area contributed by atoms with Crippen molar-refractivity contribution in [1.29, 1.82) is 0 Å². The number of nitro groups is 1. The molecule has 18 heavy (non-hydrogen) atoms. The molecule has 0 saturated carbocycles. The summed E-state index contributed by atoms with van der Waals surface area (Å²) in [6, 6.07) is 4.44. The lowest BCUT2D eigenvalue weighted by atomic mass is 10.2. The number of hydrogen-bond acceptors (Lipinski definition) is 4. The maximum absolute atomic E-state index is 11.8. The largest absolute Gasteiger partial charge is 0.382 e. The van der Waals surface area contributed by atoms with Crippen LogP contribution in [0.2, 0.25) is 0 Å². The van der Waals surface area contributed by atoms with E-state index in [9.17, 15) is 18.9 Å². The second-order valence-corrected chi connectivity index (χ2v) is 3.65. The number of nitrogens with one attached hydrogen (secondary N) is 1. The number of anilines is 1. The molecule has 0 radical (unpaired) electrons. The van der Waals surface area contributed by atoms with Gasteiger partial charge >= 0.3 is 0 Å². The third-order valence-corrected chi connectivity index (χ3v) is 2.24. The Morgan fingerprint density at radius 2 is 2.22 bits per heavy atom. The highest BCUT2D eigenvalue weighted by molar-refractivity contribution is 5.56. The van der Waals surface area contributed by atoms with Crippen molar-refractivity contribution in [1.82, 2.24) is 0 Å².